The summed E-state index contributed by atoms with van der Waals surface area (Å²) in [4.78, 5) is 8.58. The van der Waals surface area contributed by atoms with Crippen LogP contribution in [-0.4, -0.2) is 9.97 Å². The molecule has 4 nitrogen and oxygen atoms in total. The average molecular weight is 335 g/mol. The Hall–Kier alpha value is -1.66. The largest absolute Gasteiger partial charge is 0.396 e. The van der Waals surface area contributed by atoms with Crippen LogP contribution in [0, 0.1) is 0 Å². The van der Waals surface area contributed by atoms with Crippen molar-refractivity contribution in [2.75, 3.05) is 11.1 Å². The molecular weight excluding hydrogens is 324 g/mol. The number of pyridine rings is 1. The van der Waals surface area contributed by atoms with Gasteiger partial charge in [-0.25, -0.2) is 4.98 Å². The van der Waals surface area contributed by atoms with E-state index < -0.39 is 0 Å². The fourth-order valence-electron chi connectivity index (χ4n) is 1.88. The minimum Gasteiger partial charge on any atom is -0.396 e. The molecule has 3 rings (SSSR count). The molecule has 0 atom stereocenters. The average Bonchev–Trinajstić information content (AvgIpc) is 2.91. The van der Waals surface area contributed by atoms with Gasteiger partial charge in [-0.3, -0.25) is 4.98 Å². The summed E-state index contributed by atoms with van der Waals surface area (Å²) in [5, 5.41) is 6.36. The van der Waals surface area contributed by atoms with Crippen LogP contribution in [0.2, 0.25) is 0 Å². The van der Waals surface area contributed by atoms with Crippen molar-refractivity contribution < 1.29 is 0 Å². The zero-order valence-corrected chi connectivity index (χ0v) is 12.3. The third kappa shape index (κ3) is 2.54. The number of hydrogen-bond donors (Lipinski definition) is 2. The summed E-state index contributed by atoms with van der Waals surface area (Å²) in [6, 6.07) is 5.95. The van der Waals surface area contributed by atoms with Crippen LogP contribution in [0.15, 0.2) is 39.8 Å². The van der Waals surface area contributed by atoms with Crippen molar-refractivity contribution in [3.63, 3.8) is 0 Å². The first kappa shape index (κ1) is 12.4. The molecule has 19 heavy (non-hydrogen) atoms. The maximum Gasteiger partial charge on any atom is 0.0795 e. The number of aromatic nitrogens is 2. The number of hydrogen-bond acceptors (Lipinski definition) is 5. The Labute approximate surface area is 122 Å². The lowest BCUT2D eigenvalue weighted by molar-refractivity contribution is 1.08. The van der Waals surface area contributed by atoms with Crippen LogP contribution < -0.4 is 11.1 Å². The van der Waals surface area contributed by atoms with Crippen LogP contribution in [0.4, 0.5) is 11.4 Å². The Morgan fingerprint density at radius 2 is 2.21 bits per heavy atom. The summed E-state index contributed by atoms with van der Waals surface area (Å²) < 4.78 is 1.00. The molecule has 0 unspecified atom stereocenters. The van der Waals surface area contributed by atoms with Gasteiger partial charge >= 0.3 is 0 Å². The maximum absolute atomic E-state index is 6.02. The molecule has 2 heterocycles. The molecule has 3 N–H and O–H groups in total. The zero-order valence-electron chi connectivity index (χ0n) is 9.93. The molecule has 0 saturated heterocycles. The molecule has 2 aromatic heterocycles. The van der Waals surface area contributed by atoms with Gasteiger partial charge in [-0.05, 0) is 18.2 Å². The van der Waals surface area contributed by atoms with E-state index in [4.69, 9.17) is 5.73 Å². The van der Waals surface area contributed by atoms with Crippen molar-refractivity contribution in [2.24, 2.45) is 0 Å². The quantitative estimate of drug-likeness (QED) is 0.767. The van der Waals surface area contributed by atoms with Gasteiger partial charge in [0.25, 0.3) is 0 Å². The van der Waals surface area contributed by atoms with E-state index in [-0.39, 0.29) is 0 Å². The molecule has 1 aromatic carbocycles. The van der Waals surface area contributed by atoms with Gasteiger partial charge in [-0.15, -0.1) is 11.3 Å². The first-order valence-electron chi connectivity index (χ1n) is 5.69. The number of benzene rings is 1. The van der Waals surface area contributed by atoms with Crippen molar-refractivity contribution in [1.82, 2.24) is 9.97 Å². The number of nitrogens with one attached hydrogen (secondary N) is 1. The second-order valence-corrected chi connectivity index (χ2v) is 5.72. The predicted octanol–water partition coefficient (Wildman–Crippen LogP) is 3.65. The smallest absolute Gasteiger partial charge is 0.0795 e. The normalized spacial score (nSPS) is 10.8. The minimum absolute atomic E-state index is 0.640. The molecular formula is C13H11BrN4S. The van der Waals surface area contributed by atoms with Crippen molar-refractivity contribution >= 4 is 49.5 Å². The Bertz CT molecular complexity index is 707. The summed E-state index contributed by atoms with van der Waals surface area (Å²) in [6.45, 7) is 0.652. The van der Waals surface area contributed by atoms with Crippen LogP contribution in [0.25, 0.3) is 10.9 Å². The van der Waals surface area contributed by atoms with Gasteiger partial charge in [0, 0.05) is 15.2 Å². The van der Waals surface area contributed by atoms with Crippen molar-refractivity contribution in [2.45, 2.75) is 6.54 Å². The van der Waals surface area contributed by atoms with Gasteiger partial charge in [-0.1, -0.05) is 15.9 Å². The first-order valence-corrected chi connectivity index (χ1v) is 7.42. The van der Waals surface area contributed by atoms with E-state index >= 15 is 0 Å². The van der Waals surface area contributed by atoms with Gasteiger partial charge in [0.1, 0.15) is 0 Å². The maximum atomic E-state index is 6.02. The van der Waals surface area contributed by atoms with Gasteiger partial charge in [-0.2, -0.15) is 0 Å². The third-order valence-electron chi connectivity index (χ3n) is 2.79. The van der Waals surface area contributed by atoms with Crippen LogP contribution in [0.1, 0.15) is 5.69 Å². The SMILES string of the molecule is Nc1cnc2ccc(Br)cc2c1NCc1cscn1. The highest BCUT2D eigenvalue weighted by Gasteiger charge is 2.07. The summed E-state index contributed by atoms with van der Waals surface area (Å²) >= 11 is 5.06. The topological polar surface area (TPSA) is 63.8 Å². The lowest BCUT2D eigenvalue weighted by Gasteiger charge is -2.11. The molecule has 0 spiro atoms. The Kier molecular flexibility index (Phi) is 3.35. The van der Waals surface area contributed by atoms with Gasteiger partial charge in [0.15, 0.2) is 0 Å². The fourth-order valence-corrected chi connectivity index (χ4v) is 2.80. The van der Waals surface area contributed by atoms with Crippen molar-refractivity contribution in [3.8, 4) is 0 Å². The Morgan fingerprint density at radius 3 is 3.00 bits per heavy atom. The van der Waals surface area contributed by atoms with E-state index in [1.807, 2.05) is 29.1 Å². The van der Waals surface area contributed by atoms with E-state index in [0.29, 0.717) is 12.2 Å². The molecule has 3 aromatic rings. The molecule has 0 amide bonds. The number of anilines is 2. The molecule has 96 valence electrons. The van der Waals surface area contributed by atoms with Crippen LogP contribution in [0.3, 0.4) is 0 Å². The highest BCUT2D eigenvalue weighted by atomic mass is 79.9. The number of nitrogen functional groups attached to an aromatic ring is 1. The predicted molar refractivity (Wildman–Crippen MR) is 83.3 cm³/mol. The summed E-state index contributed by atoms with van der Waals surface area (Å²) in [5.74, 6) is 0. The molecule has 6 heteroatoms. The fraction of sp³-hybridized carbons (Fsp3) is 0.0769. The van der Waals surface area contributed by atoms with Gasteiger partial charge < -0.3 is 11.1 Å². The molecule has 0 radical (unpaired) electrons. The lowest BCUT2D eigenvalue weighted by Crippen LogP contribution is -2.04. The number of rotatable bonds is 3. The first-order chi connectivity index (χ1) is 9.24. The molecule has 0 fully saturated rings. The van der Waals surface area contributed by atoms with Gasteiger partial charge in [0.05, 0.1) is 40.8 Å². The van der Waals surface area contributed by atoms with E-state index in [9.17, 15) is 0 Å². The number of halogens is 1. The van der Waals surface area contributed by atoms with E-state index in [0.717, 1.165) is 26.8 Å². The summed E-state index contributed by atoms with van der Waals surface area (Å²) in [6.07, 6.45) is 1.68. The highest BCUT2D eigenvalue weighted by molar-refractivity contribution is 9.10. The van der Waals surface area contributed by atoms with Crippen LogP contribution >= 0.6 is 27.3 Å². The minimum atomic E-state index is 0.640. The monoisotopic (exact) mass is 334 g/mol. The Morgan fingerprint density at radius 1 is 1.32 bits per heavy atom. The number of nitrogens with two attached hydrogens (primary N) is 1. The Balaban J connectivity index is 2.01. The molecule has 0 bridgehead atoms. The van der Waals surface area contributed by atoms with Crippen LogP contribution in [0.5, 0.6) is 0 Å². The highest BCUT2D eigenvalue weighted by Crippen LogP contribution is 2.30. The standard InChI is InChI=1S/C13H11BrN4S/c14-8-1-2-12-10(3-8)13(11(15)5-16-12)17-4-9-6-19-7-18-9/h1-3,5-7H,4,15H2,(H,16,17). The second-order valence-electron chi connectivity index (χ2n) is 4.08. The van der Waals surface area contributed by atoms with E-state index in [1.54, 1.807) is 17.5 Å². The number of thiazole rings is 1. The van der Waals surface area contributed by atoms with Crippen molar-refractivity contribution in [3.05, 3.63) is 45.5 Å². The number of nitrogens with zero attached hydrogens (tertiary/aromatic N) is 2. The van der Waals surface area contributed by atoms with E-state index in [1.165, 1.54) is 0 Å². The zero-order chi connectivity index (χ0) is 13.2. The second kappa shape index (κ2) is 5.14. The lowest BCUT2D eigenvalue weighted by atomic mass is 10.1. The molecule has 0 aliphatic carbocycles. The summed E-state index contributed by atoms with van der Waals surface area (Å²) in [7, 11) is 0. The van der Waals surface area contributed by atoms with E-state index in [2.05, 4.69) is 31.2 Å². The number of fused-ring (bicyclic) bond motifs is 1. The third-order valence-corrected chi connectivity index (χ3v) is 3.92. The summed E-state index contributed by atoms with van der Waals surface area (Å²) in [5.41, 5.74) is 11.3. The van der Waals surface area contributed by atoms with Crippen LogP contribution in [-0.2, 0) is 6.54 Å². The molecule has 0 saturated carbocycles. The molecule has 0 aliphatic heterocycles. The van der Waals surface area contributed by atoms with Gasteiger partial charge in [0.2, 0.25) is 0 Å². The molecule has 0 aliphatic rings. The van der Waals surface area contributed by atoms with Crippen molar-refractivity contribution in [1.29, 1.82) is 0 Å².